The van der Waals surface area contributed by atoms with Crippen molar-refractivity contribution in [1.82, 2.24) is 4.90 Å². The number of hydrogen-bond acceptors (Lipinski definition) is 1. The van der Waals surface area contributed by atoms with E-state index in [4.69, 9.17) is 0 Å². The van der Waals surface area contributed by atoms with Gasteiger partial charge >= 0.3 is 0 Å². The molecule has 1 aliphatic rings. The summed E-state index contributed by atoms with van der Waals surface area (Å²) >= 11 is 0. The predicted molar refractivity (Wildman–Crippen MR) is 49.5 cm³/mol. The first kappa shape index (κ1) is 12.5. The van der Waals surface area contributed by atoms with E-state index in [9.17, 15) is 0 Å². The van der Waals surface area contributed by atoms with Gasteiger partial charge in [0.1, 0.15) is 0 Å². The van der Waals surface area contributed by atoms with Gasteiger partial charge in [0.25, 0.3) is 0 Å². The maximum Gasteiger partial charge on any atom is 0.00375 e. The van der Waals surface area contributed by atoms with Crippen molar-refractivity contribution in [3.05, 3.63) is 5.92 Å². The van der Waals surface area contributed by atoms with Gasteiger partial charge in [-0.2, -0.15) is 19.8 Å². The van der Waals surface area contributed by atoms with Crippen LogP contribution in [0.4, 0.5) is 0 Å². The van der Waals surface area contributed by atoms with E-state index in [1.54, 1.807) is 5.92 Å². The zero-order valence-corrected chi connectivity index (χ0v) is 9.74. The number of hydrogen-bond donors (Lipinski definition) is 0. The van der Waals surface area contributed by atoms with Gasteiger partial charge in [-0.3, -0.25) is 0 Å². The SMILES string of the molecule is C[C-]1CCCN(C(C)C)CC1.[Cr]. The van der Waals surface area contributed by atoms with E-state index < -0.39 is 0 Å². The van der Waals surface area contributed by atoms with Crippen LogP contribution >= 0.6 is 0 Å². The maximum absolute atomic E-state index is 2.58. The molecule has 0 unspecified atom stereocenters. The summed E-state index contributed by atoms with van der Waals surface area (Å²) in [6.07, 6.45) is 4.03. The molecule has 72 valence electrons. The zero-order valence-electron chi connectivity index (χ0n) is 8.47. The standard InChI is InChI=1S/C10H20N.Cr/c1-9(2)11-7-4-5-10(3)6-8-11;/h9H,4-8H2,1-3H3;/q-1;. The van der Waals surface area contributed by atoms with Gasteiger partial charge in [0.15, 0.2) is 0 Å². The van der Waals surface area contributed by atoms with Crippen LogP contribution in [0.15, 0.2) is 0 Å². The van der Waals surface area contributed by atoms with Gasteiger partial charge in [-0.1, -0.05) is 6.42 Å². The van der Waals surface area contributed by atoms with Gasteiger partial charge in [-0.05, 0) is 26.9 Å². The molecular weight excluding hydrogens is 186 g/mol. The summed E-state index contributed by atoms with van der Waals surface area (Å²) in [4.78, 5) is 2.58. The molecular formula is C10H20CrN-. The van der Waals surface area contributed by atoms with Crippen molar-refractivity contribution < 1.29 is 17.4 Å². The smallest absolute Gasteiger partial charge is 0.00375 e. The fourth-order valence-electron chi connectivity index (χ4n) is 1.67. The first-order valence-corrected chi connectivity index (χ1v) is 4.75. The van der Waals surface area contributed by atoms with Crippen molar-refractivity contribution in [3.8, 4) is 0 Å². The molecule has 0 aliphatic carbocycles. The van der Waals surface area contributed by atoms with E-state index in [-0.39, 0.29) is 17.4 Å². The van der Waals surface area contributed by atoms with Gasteiger partial charge in [0.2, 0.25) is 0 Å². The van der Waals surface area contributed by atoms with Gasteiger partial charge < -0.3 is 10.8 Å². The average Bonchev–Trinajstić information content (AvgIpc) is 2.13. The van der Waals surface area contributed by atoms with Crippen LogP contribution in [0.25, 0.3) is 0 Å². The van der Waals surface area contributed by atoms with Crippen molar-refractivity contribution in [2.24, 2.45) is 0 Å². The molecule has 1 nitrogen and oxygen atoms in total. The molecule has 0 radical (unpaired) electrons. The summed E-state index contributed by atoms with van der Waals surface area (Å²) in [5.41, 5.74) is 0. The summed E-state index contributed by atoms with van der Waals surface area (Å²) < 4.78 is 0. The van der Waals surface area contributed by atoms with Crippen molar-refractivity contribution in [1.29, 1.82) is 0 Å². The predicted octanol–water partition coefficient (Wildman–Crippen LogP) is 2.47. The Morgan fingerprint density at radius 2 is 1.83 bits per heavy atom. The molecule has 0 N–H and O–H groups in total. The Morgan fingerprint density at radius 1 is 1.17 bits per heavy atom. The van der Waals surface area contributed by atoms with E-state index in [0.717, 1.165) is 6.04 Å². The Labute approximate surface area is 87.7 Å². The number of likely N-dealkylation sites (tertiary alicyclic amines) is 1. The van der Waals surface area contributed by atoms with Crippen LogP contribution in [0.1, 0.15) is 40.0 Å². The first-order chi connectivity index (χ1) is 5.20. The Morgan fingerprint density at radius 3 is 2.42 bits per heavy atom. The molecule has 0 saturated carbocycles. The van der Waals surface area contributed by atoms with Crippen LogP contribution in [0, 0.1) is 5.92 Å². The molecule has 1 aliphatic heterocycles. The summed E-state index contributed by atoms with van der Waals surface area (Å²) in [7, 11) is 0. The van der Waals surface area contributed by atoms with Crippen LogP contribution in [0.5, 0.6) is 0 Å². The van der Waals surface area contributed by atoms with E-state index in [2.05, 4.69) is 25.7 Å². The topological polar surface area (TPSA) is 3.24 Å². The zero-order chi connectivity index (χ0) is 8.27. The second kappa shape index (κ2) is 6.02. The van der Waals surface area contributed by atoms with Crippen LogP contribution in [-0.2, 0) is 17.4 Å². The van der Waals surface area contributed by atoms with Crippen molar-refractivity contribution in [3.63, 3.8) is 0 Å². The van der Waals surface area contributed by atoms with Crippen LogP contribution in [-0.4, -0.2) is 24.0 Å². The van der Waals surface area contributed by atoms with Gasteiger partial charge in [-0.25, -0.2) is 0 Å². The van der Waals surface area contributed by atoms with Gasteiger partial charge in [0.05, 0.1) is 0 Å². The van der Waals surface area contributed by atoms with E-state index >= 15 is 0 Å². The van der Waals surface area contributed by atoms with Gasteiger partial charge in [-0.15, -0.1) is 0 Å². The van der Waals surface area contributed by atoms with Crippen molar-refractivity contribution >= 4 is 0 Å². The van der Waals surface area contributed by atoms with Crippen LogP contribution in [0.2, 0.25) is 0 Å². The Kier molecular flexibility index (Phi) is 6.27. The van der Waals surface area contributed by atoms with Crippen LogP contribution in [0.3, 0.4) is 0 Å². The maximum atomic E-state index is 2.58. The molecule has 0 atom stereocenters. The minimum absolute atomic E-state index is 0. The molecule has 0 spiro atoms. The molecule has 1 fully saturated rings. The van der Waals surface area contributed by atoms with Crippen molar-refractivity contribution in [2.75, 3.05) is 13.1 Å². The minimum atomic E-state index is 0. The van der Waals surface area contributed by atoms with E-state index in [0.29, 0.717) is 0 Å². The quantitative estimate of drug-likeness (QED) is 0.596. The molecule has 1 saturated heterocycles. The molecule has 0 amide bonds. The molecule has 0 aromatic rings. The summed E-state index contributed by atoms with van der Waals surface area (Å²) in [6, 6.07) is 0.737. The normalized spacial score (nSPS) is 22.0. The fourth-order valence-corrected chi connectivity index (χ4v) is 1.67. The Hall–Kier alpha value is 0.492. The number of nitrogens with zero attached hydrogens (tertiary/aromatic N) is 1. The first-order valence-electron chi connectivity index (χ1n) is 4.75. The third-order valence-corrected chi connectivity index (χ3v) is 2.60. The molecule has 2 heteroatoms. The monoisotopic (exact) mass is 206 g/mol. The molecule has 1 heterocycles. The minimum Gasteiger partial charge on any atom is -0.315 e. The van der Waals surface area contributed by atoms with Gasteiger partial charge in [0, 0.05) is 23.4 Å². The third kappa shape index (κ3) is 3.94. The van der Waals surface area contributed by atoms with E-state index in [1.807, 2.05) is 0 Å². The number of rotatable bonds is 1. The summed E-state index contributed by atoms with van der Waals surface area (Å²) in [5.74, 6) is 1.69. The molecule has 0 aromatic heterocycles. The Balaban J connectivity index is 0.00000121. The summed E-state index contributed by atoms with van der Waals surface area (Å²) in [6.45, 7) is 9.46. The largest absolute Gasteiger partial charge is 0.315 e. The second-order valence-corrected chi connectivity index (χ2v) is 3.94. The van der Waals surface area contributed by atoms with E-state index in [1.165, 1.54) is 32.4 Å². The molecule has 1 rings (SSSR count). The molecule has 12 heavy (non-hydrogen) atoms. The summed E-state index contributed by atoms with van der Waals surface area (Å²) in [5, 5.41) is 0. The molecule has 0 bridgehead atoms. The fraction of sp³-hybridized carbons (Fsp3) is 0.900. The third-order valence-electron chi connectivity index (χ3n) is 2.60. The second-order valence-electron chi connectivity index (χ2n) is 3.94. The average molecular weight is 206 g/mol. The van der Waals surface area contributed by atoms with Crippen LogP contribution < -0.4 is 0 Å². The molecule has 0 aromatic carbocycles. The Bertz CT molecular complexity index is 114. The van der Waals surface area contributed by atoms with Crippen molar-refractivity contribution in [2.45, 2.75) is 46.1 Å².